The molecule has 2 heterocycles. The molecule has 0 bridgehead atoms. The summed E-state index contributed by atoms with van der Waals surface area (Å²) in [6.07, 6.45) is 1.78. The van der Waals surface area contributed by atoms with Gasteiger partial charge in [0.05, 0.1) is 18.3 Å². The van der Waals surface area contributed by atoms with Crippen molar-refractivity contribution in [2.24, 2.45) is 10.7 Å². The zero-order valence-electron chi connectivity index (χ0n) is 16.4. The average Bonchev–Trinajstić information content (AvgIpc) is 2.98. The van der Waals surface area contributed by atoms with Crippen LogP contribution in [0.25, 0.3) is 5.82 Å². The van der Waals surface area contributed by atoms with E-state index in [1.807, 2.05) is 49.7 Å². The van der Waals surface area contributed by atoms with Gasteiger partial charge < -0.3 is 11.1 Å². The number of aryl methyl sites for hydroxylation is 2. The number of nitrogens with two attached hydrogens (primary N) is 1. The zero-order chi connectivity index (χ0) is 20.3. The van der Waals surface area contributed by atoms with Gasteiger partial charge in [-0.15, -0.1) is 24.0 Å². The van der Waals surface area contributed by atoms with Gasteiger partial charge in [0.1, 0.15) is 0 Å². The Balaban J connectivity index is 0.00000300. The van der Waals surface area contributed by atoms with Crippen molar-refractivity contribution in [1.29, 1.82) is 0 Å². The highest BCUT2D eigenvalue weighted by molar-refractivity contribution is 14.0. The maximum atomic E-state index is 6.24. The summed E-state index contributed by atoms with van der Waals surface area (Å²) in [5.74, 6) is 1.11. The third-order valence-electron chi connectivity index (χ3n) is 4.26. The van der Waals surface area contributed by atoms with Crippen molar-refractivity contribution in [2.45, 2.75) is 33.4 Å². The fraction of sp³-hybridized carbons (Fsp3) is 0.250. The molecule has 0 aliphatic carbocycles. The maximum Gasteiger partial charge on any atom is 0.189 e. The molecule has 0 spiro atoms. The van der Waals surface area contributed by atoms with Crippen molar-refractivity contribution in [3.05, 3.63) is 75.2 Å². The number of halogens is 3. The number of pyridine rings is 1. The molecule has 0 radical (unpaired) electrons. The van der Waals surface area contributed by atoms with Crippen molar-refractivity contribution in [3.63, 3.8) is 0 Å². The van der Waals surface area contributed by atoms with Crippen LogP contribution in [-0.4, -0.2) is 20.7 Å². The number of aliphatic imine (C=N–C) groups is 1. The summed E-state index contributed by atoms with van der Waals surface area (Å²) in [4.78, 5) is 8.85. The molecule has 154 valence electrons. The highest BCUT2D eigenvalue weighted by atomic mass is 127. The summed E-state index contributed by atoms with van der Waals surface area (Å²) < 4.78 is 1.82. The monoisotopic (exact) mass is 544 g/mol. The van der Waals surface area contributed by atoms with E-state index in [0.29, 0.717) is 22.5 Å². The predicted molar refractivity (Wildman–Crippen MR) is 130 cm³/mol. The Morgan fingerprint density at radius 2 is 1.97 bits per heavy atom. The smallest absolute Gasteiger partial charge is 0.189 e. The van der Waals surface area contributed by atoms with Gasteiger partial charge in [-0.2, -0.15) is 5.10 Å². The summed E-state index contributed by atoms with van der Waals surface area (Å²) in [6, 6.07) is 11.2. The fourth-order valence-electron chi connectivity index (χ4n) is 2.87. The standard InChI is InChI=1S/C20H22Cl2N6.HI/c1-12-8-13(2)28(27-12)19-7-4-15(10-24-19)11-25-20(23)26-14(3)17-6-5-16(21)9-18(17)22;/h4-10,14H,11H2,1-3H3,(H3,23,25,26);1H. The van der Waals surface area contributed by atoms with Crippen LogP contribution in [0, 0.1) is 13.8 Å². The molecule has 0 fully saturated rings. The molecule has 1 atom stereocenters. The summed E-state index contributed by atoms with van der Waals surface area (Å²) in [5, 5.41) is 8.76. The average molecular weight is 545 g/mol. The normalized spacial score (nSPS) is 12.4. The number of hydrogen-bond donors (Lipinski definition) is 2. The van der Waals surface area contributed by atoms with Crippen LogP contribution in [0.2, 0.25) is 10.0 Å². The van der Waals surface area contributed by atoms with Crippen LogP contribution < -0.4 is 11.1 Å². The van der Waals surface area contributed by atoms with E-state index in [1.54, 1.807) is 18.3 Å². The van der Waals surface area contributed by atoms with E-state index in [1.165, 1.54) is 0 Å². The molecule has 3 N–H and O–H groups in total. The SMILES string of the molecule is Cc1cc(C)n(-c2ccc(CN=C(N)NC(C)c3ccc(Cl)cc3Cl)cn2)n1.I. The summed E-state index contributed by atoms with van der Waals surface area (Å²) >= 11 is 12.2. The number of hydrogen-bond acceptors (Lipinski definition) is 3. The molecule has 3 aromatic rings. The molecule has 1 unspecified atom stereocenters. The van der Waals surface area contributed by atoms with Gasteiger partial charge in [-0.25, -0.2) is 14.7 Å². The molecule has 0 saturated heterocycles. The first-order valence-corrected chi connectivity index (χ1v) is 9.59. The van der Waals surface area contributed by atoms with E-state index < -0.39 is 0 Å². The first kappa shape index (κ1) is 23.4. The molecule has 0 aliphatic rings. The highest BCUT2D eigenvalue weighted by Gasteiger charge is 2.11. The Kier molecular flexibility index (Phi) is 8.30. The molecule has 6 nitrogen and oxygen atoms in total. The minimum atomic E-state index is -0.0972. The molecule has 29 heavy (non-hydrogen) atoms. The molecule has 9 heteroatoms. The third kappa shape index (κ3) is 6.07. The minimum absolute atomic E-state index is 0. The van der Waals surface area contributed by atoms with Crippen molar-refractivity contribution in [3.8, 4) is 5.82 Å². The molecular formula is C20H23Cl2IN6. The summed E-state index contributed by atoms with van der Waals surface area (Å²) in [5.41, 5.74) is 9.87. The van der Waals surface area contributed by atoms with Crippen LogP contribution in [-0.2, 0) is 6.54 Å². The number of nitrogens with zero attached hydrogens (tertiary/aromatic N) is 4. The van der Waals surface area contributed by atoms with E-state index >= 15 is 0 Å². The zero-order valence-corrected chi connectivity index (χ0v) is 20.2. The van der Waals surface area contributed by atoms with Crippen molar-refractivity contribution in [2.75, 3.05) is 0 Å². The lowest BCUT2D eigenvalue weighted by molar-refractivity contribution is 0.708. The first-order chi connectivity index (χ1) is 13.3. The Bertz CT molecular complexity index is 1000. The van der Waals surface area contributed by atoms with Gasteiger partial charge in [-0.05, 0) is 56.2 Å². The number of aromatic nitrogens is 3. The largest absolute Gasteiger partial charge is 0.370 e. The van der Waals surface area contributed by atoms with E-state index in [4.69, 9.17) is 28.9 Å². The van der Waals surface area contributed by atoms with Gasteiger partial charge in [-0.1, -0.05) is 35.3 Å². The van der Waals surface area contributed by atoms with Gasteiger partial charge in [0.25, 0.3) is 0 Å². The number of guanidine groups is 1. The summed E-state index contributed by atoms with van der Waals surface area (Å²) in [7, 11) is 0. The molecule has 0 aliphatic heterocycles. The molecule has 2 aromatic heterocycles. The third-order valence-corrected chi connectivity index (χ3v) is 4.82. The quantitative estimate of drug-likeness (QED) is 0.270. The van der Waals surface area contributed by atoms with E-state index in [9.17, 15) is 0 Å². The predicted octanol–water partition coefficient (Wildman–Crippen LogP) is 4.97. The second-order valence-electron chi connectivity index (χ2n) is 6.60. The van der Waals surface area contributed by atoms with E-state index in [-0.39, 0.29) is 30.0 Å². The van der Waals surface area contributed by atoms with Crippen LogP contribution in [0.15, 0.2) is 47.6 Å². The highest BCUT2D eigenvalue weighted by Crippen LogP contribution is 2.25. The van der Waals surface area contributed by atoms with Gasteiger partial charge in [0, 0.05) is 21.9 Å². The Labute approximate surface area is 197 Å². The van der Waals surface area contributed by atoms with Crippen LogP contribution in [0.5, 0.6) is 0 Å². The van der Waals surface area contributed by atoms with E-state index in [2.05, 4.69) is 20.4 Å². The topological polar surface area (TPSA) is 81.1 Å². The number of benzene rings is 1. The van der Waals surface area contributed by atoms with Crippen molar-refractivity contribution < 1.29 is 0 Å². The van der Waals surface area contributed by atoms with Crippen LogP contribution >= 0.6 is 47.2 Å². The van der Waals surface area contributed by atoms with Crippen LogP contribution in [0.4, 0.5) is 0 Å². The Hall–Kier alpha value is -1.84. The second kappa shape index (κ2) is 10.3. The van der Waals surface area contributed by atoms with Crippen LogP contribution in [0.1, 0.15) is 35.5 Å². The number of rotatable bonds is 5. The molecule has 3 rings (SSSR count). The van der Waals surface area contributed by atoms with E-state index in [0.717, 1.165) is 28.3 Å². The van der Waals surface area contributed by atoms with Gasteiger partial charge in [-0.3, -0.25) is 0 Å². The number of nitrogens with one attached hydrogen (secondary N) is 1. The van der Waals surface area contributed by atoms with Gasteiger partial charge >= 0.3 is 0 Å². The lowest BCUT2D eigenvalue weighted by Gasteiger charge is -2.16. The fourth-order valence-corrected chi connectivity index (χ4v) is 3.44. The lowest BCUT2D eigenvalue weighted by atomic mass is 10.1. The molecule has 0 amide bonds. The lowest BCUT2D eigenvalue weighted by Crippen LogP contribution is -2.34. The molecule has 1 aromatic carbocycles. The first-order valence-electron chi connectivity index (χ1n) is 8.83. The Morgan fingerprint density at radius 1 is 1.21 bits per heavy atom. The van der Waals surface area contributed by atoms with Crippen LogP contribution in [0.3, 0.4) is 0 Å². The maximum absolute atomic E-state index is 6.24. The van der Waals surface area contributed by atoms with Crippen molar-refractivity contribution in [1.82, 2.24) is 20.1 Å². The Morgan fingerprint density at radius 3 is 2.55 bits per heavy atom. The van der Waals surface area contributed by atoms with Crippen molar-refractivity contribution >= 4 is 53.1 Å². The minimum Gasteiger partial charge on any atom is -0.370 e. The molecule has 0 saturated carbocycles. The van der Waals surface area contributed by atoms with Gasteiger partial charge in [0.2, 0.25) is 0 Å². The summed E-state index contributed by atoms with van der Waals surface area (Å²) in [6.45, 7) is 6.34. The molecular weight excluding hydrogens is 522 g/mol. The van der Waals surface area contributed by atoms with Gasteiger partial charge in [0.15, 0.2) is 11.8 Å². The second-order valence-corrected chi connectivity index (χ2v) is 7.44.